The summed E-state index contributed by atoms with van der Waals surface area (Å²) < 4.78 is 1.76. The number of benzene rings is 2. The van der Waals surface area contributed by atoms with E-state index in [4.69, 9.17) is 34.8 Å². The maximum Gasteiger partial charge on any atom is 0.258 e. The molecule has 0 unspecified atom stereocenters. The Hall–Kier alpha value is -2.60. The van der Waals surface area contributed by atoms with Gasteiger partial charge >= 0.3 is 0 Å². The zero-order valence-electron chi connectivity index (χ0n) is 14.6. The van der Waals surface area contributed by atoms with E-state index in [1.165, 1.54) is 12.1 Å². The van der Waals surface area contributed by atoms with Crippen LogP contribution in [0.5, 0.6) is 0 Å². The molecule has 2 aromatic heterocycles. The van der Waals surface area contributed by atoms with Crippen LogP contribution < -0.4 is 5.32 Å². The topological polar surface area (TPSA) is 59.8 Å². The molecule has 0 atom stereocenters. The van der Waals surface area contributed by atoms with Crippen LogP contribution in [0.15, 0.2) is 54.7 Å². The van der Waals surface area contributed by atoms with Crippen LogP contribution in [0.2, 0.25) is 15.1 Å². The van der Waals surface area contributed by atoms with Gasteiger partial charge in [0.2, 0.25) is 0 Å². The van der Waals surface area contributed by atoms with Crippen molar-refractivity contribution < 1.29 is 4.79 Å². The Bertz CT molecular complexity index is 1210. The Labute approximate surface area is 175 Å². The Morgan fingerprint density at radius 2 is 1.75 bits per heavy atom. The van der Waals surface area contributed by atoms with Crippen LogP contribution in [0.1, 0.15) is 16.1 Å². The lowest BCUT2D eigenvalue weighted by molar-refractivity contribution is 0.102. The highest BCUT2D eigenvalue weighted by Crippen LogP contribution is 2.32. The molecule has 1 amide bonds. The fourth-order valence-electron chi connectivity index (χ4n) is 2.89. The third-order valence-electron chi connectivity index (χ3n) is 4.24. The number of aromatic nitrogens is 3. The largest absolute Gasteiger partial charge is 0.320 e. The van der Waals surface area contributed by atoms with E-state index in [1.807, 2.05) is 43.3 Å². The second kappa shape index (κ2) is 7.43. The van der Waals surface area contributed by atoms with E-state index in [1.54, 1.807) is 10.9 Å². The zero-order valence-corrected chi connectivity index (χ0v) is 16.8. The van der Waals surface area contributed by atoms with E-state index < -0.39 is 5.91 Å². The Kier molecular flexibility index (Phi) is 4.98. The number of nitrogens with zero attached hydrogens (tertiary/aromatic N) is 3. The number of hydrogen-bond donors (Lipinski definition) is 1. The number of para-hydroxylation sites is 1. The number of halogens is 3. The fourth-order valence-corrected chi connectivity index (χ4v) is 3.59. The predicted molar refractivity (Wildman–Crippen MR) is 113 cm³/mol. The minimum atomic E-state index is -0.466. The van der Waals surface area contributed by atoms with E-state index in [-0.39, 0.29) is 20.6 Å². The van der Waals surface area contributed by atoms with Crippen molar-refractivity contribution in [1.82, 2.24) is 14.8 Å². The number of amides is 1. The minimum Gasteiger partial charge on any atom is -0.320 e. The van der Waals surface area contributed by atoms with E-state index in [0.717, 1.165) is 16.8 Å². The molecule has 0 saturated heterocycles. The highest BCUT2D eigenvalue weighted by Gasteiger charge is 2.18. The molecule has 5 nitrogen and oxygen atoms in total. The lowest BCUT2D eigenvalue weighted by Gasteiger charge is -2.09. The van der Waals surface area contributed by atoms with Crippen molar-refractivity contribution in [3.8, 4) is 5.69 Å². The van der Waals surface area contributed by atoms with Crippen molar-refractivity contribution in [2.75, 3.05) is 5.32 Å². The minimum absolute atomic E-state index is 0.105. The molecule has 2 heterocycles. The molecule has 140 valence electrons. The average Bonchev–Trinajstić information content (AvgIpc) is 3.02. The number of anilines is 1. The molecule has 2 aromatic carbocycles. The average molecular weight is 432 g/mol. The number of pyridine rings is 1. The lowest BCUT2D eigenvalue weighted by atomic mass is 10.2. The normalized spacial score (nSPS) is 11.0. The molecule has 0 radical (unpaired) electrons. The van der Waals surface area contributed by atoms with Gasteiger partial charge in [0.15, 0.2) is 5.65 Å². The molecule has 0 fully saturated rings. The molecule has 0 aliphatic heterocycles. The molecule has 0 aliphatic carbocycles. The third kappa shape index (κ3) is 3.33. The first-order valence-electron chi connectivity index (χ1n) is 8.31. The van der Waals surface area contributed by atoms with Gasteiger partial charge in [-0.1, -0.05) is 53.0 Å². The number of aryl methyl sites for hydroxylation is 1. The van der Waals surface area contributed by atoms with Crippen LogP contribution in [0.4, 0.5) is 5.69 Å². The molecular formula is C20H13Cl3N4O. The van der Waals surface area contributed by atoms with Crippen molar-refractivity contribution >= 4 is 57.4 Å². The molecule has 0 spiro atoms. The first-order chi connectivity index (χ1) is 13.5. The van der Waals surface area contributed by atoms with Gasteiger partial charge < -0.3 is 5.32 Å². The van der Waals surface area contributed by atoms with Gasteiger partial charge in [0.1, 0.15) is 0 Å². The number of nitrogens with one attached hydrogen (secondary N) is 1. The van der Waals surface area contributed by atoms with Gasteiger partial charge in [-0.3, -0.25) is 4.79 Å². The molecule has 0 saturated carbocycles. The lowest BCUT2D eigenvalue weighted by Crippen LogP contribution is -2.13. The summed E-state index contributed by atoms with van der Waals surface area (Å²) in [5, 5.41) is 8.73. The Morgan fingerprint density at radius 3 is 2.50 bits per heavy atom. The third-order valence-corrected chi connectivity index (χ3v) is 5.36. The quantitative estimate of drug-likeness (QED) is 0.408. The van der Waals surface area contributed by atoms with Gasteiger partial charge in [-0.15, -0.1) is 0 Å². The van der Waals surface area contributed by atoms with Crippen LogP contribution >= 0.6 is 34.8 Å². The van der Waals surface area contributed by atoms with Gasteiger partial charge in [0.05, 0.1) is 43.9 Å². The summed E-state index contributed by atoms with van der Waals surface area (Å²) in [6, 6.07) is 14.6. The second-order valence-corrected chi connectivity index (χ2v) is 7.29. The Balaban J connectivity index is 1.71. The van der Waals surface area contributed by atoms with E-state index in [0.29, 0.717) is 11.3 Å². The molecule has 4 aromatic rings. The first kappa shape index (κ1) is 18.7. The van der Waals surface area contributed by atoms with Crippen molar-refractivity contribution in [2.24, 2.45) is 0 Å². The second-order valence-electron chi connectivity index (χ2n) is 6.10. The van der Waals surface area contributed by atoms with Gasteiger partial charge in [0, 0.05) is 5.39 Å². The molecular weight excluding hydrogens is 419 g/mol. The maximum absolute atomic E-state index is 12.7. The van der Waals surface area contributed by atoms with Crippen molar-refractivity contribution in [3.63, 3.8) is 0 Å². The van der Waals surface area contributed by atoms with E-state index in [9.17, 15) is 4.79 Å². The molecule has 8 heteroatoms. The zero-order chi connectivity index (χ0) is 19.8. The molecule has 0 bridgehead atoms. The number of carbonyl (C=O) groups excluding carboxylic acids is 1. The monoisotopic (exact) mass is 430 g/mol. The van der Waals surface area contributed by atoms with Gasteiger partial charge in [-0.25, -0.2) is 9.67 Å². The van der Waals surface area contributed by atoms with E-state index in [2.05, 4.69) is 15.4 Å². The van der Waals surface area contributed by atoms with Crippen LogP contribution in [-0.4, -0.2) is 20.7 Å². The summed E-state index contributed by atoms with van der Waals surface area (Å²) in [5.74, 6) is -0.466. The first-order valence-corrected chi connectivity index (χ1v) is 9.44. The molecule has 1 N–H and O–H groups in total. The van der Waals surface area contributed by atoms with E-state index >= 15 is 0 Å². The summed E-state index contributed by atoms with van der Waals surface area (Å²) in [6.45, 7) is 1.89. The fraction of sp³-hybridized carbons (Fsp3) is 0.0500. The molecule has 0 aliphatic rings. The van der Waals surface area contributed by atoms with Crippen molar-refractivity contribution in [1.29, 1.82) is 0 Å². The standard InChI is InChI=1S/C20H13Cl3N4O/c1-11-14-9-12(25-20(28)17-15(21)7-8-16(22)18(17)23)10-24-19(14)27(26-11)13-5-3-2-4-6-13/h2-10H,1H3,(H,25,28). The van der Waals surface area contributed by atoms with Gasteiger partial charge in [-0.05, 0) is 37.3 Å². The summed E-state index contributed by atoms with van der Waals surface area (Å²) in [6.07, 6.45) is 1.56. The highest BCUT2D eigenvalue weighted by molar-refractivity contribution is 6.46. The summed E-state index contributed by atoms with van der Waals surface area (Å²) in [4.78, 5) is 17.1. The van der Waals surface area contributed by atoms with Crippen LogP contribution in [-0.2, 0) is 0 Å². The van der Waals surface area contributed by atoms with Crippen molar-refractivity contribution in [3.05, 3.63) is 81.1 Å². The van der Waals surface area contributed by atoms with Gasteiger partial charge in [-0.2, -0.15) is 5.10 Å². The smallest absolute Gasteiger partial charge is 0.258 e. The van der Waals surface area contributed by atoms with Crippen molar-refractivity contribution in [2.45, 2.75) is 6.92 Å². The summed E-state index contributed by atoms with van der Waals surface area (Å²) in [5.41, 5.74) is 3.01. The van der Waals surface area contributed by atoms with Crippen LogP contribution in [0, 0.1) is 6.92 Å². The predicted octanol–water partition coefficient (Wildman–Crippen LogP) is 5.94. The molecule has 4 rings (SSSR count). The summed E-state index contributed by atoms with van der Waals surface area (Å²) >= 11 is 18.3. The van der Waals surface area contributed by atoms with Gasteiger partial charge in [0.25, 0.3) is 5.91 Å². The van der Waals surface area contributed by atoms with Crippen LogP contribution in [0.3, 0.4) is 0 Å². The maximum atomic E-state index is 12.7. The van der Waals surface area contributed by atoms with Crippen LogP contribution in [0.25, 0.3) is 16.7 Å². The number of hydrogen-bond acceptors (Lipinski definition) is 3. The number of carbonyl (C=O) groups is 1. The SMILES string of the molecule is Cc1nn(-c2ccccc2)c2ncc(NC(=O)c3c(Cl)ccc(Cl)c3Cl)cc12. The molecule has 28 heavy (non-hydrogen) atoms. The highest BCUT2D eigenvalue weighted by atomic mass is 35.5. The summed E-state index contributed by atoms with van der Waals surface area (Å²) in [7, 11) is 0. The Morgan fingerprint density at radius 1 is 1.04 bits per heavy atom. The number of rotatable bonds is 3. The number of fused-ring (bicyclic) bond motifs is 1.